The lowest BCUT2D eigenvalue weighted by molar-refractivity contribution is 0.0182. The second-order valence-electron chi connectivity index (χ2n) is 3.72. The number of rotatable bonds is 6. The third-order valence-electron chi connectivity index (χ3n) is 2.23. The van der Waals surface area contributed by atoms with Crippen LogP contribution in [0.4, 0.5) is 8.78 Å². The first-order chi connectivity index (χ1) is 8.00. The van der Waals surface area contributed by atoms with Crippen LogP contribution in [0.25, 0.3) is 0 Å². The number of aromatic nitrogens is 2. The topological polar surface area (TPSA) is 55.2 Å². The molecule has 0 fully saturated rings. The van der Waals surface area contributed by atoms with Crippen molar-refractivity contribution in [3.63, 3.8) is 0 Å². The molecule has 0 aliphatic heterocycles. The van der Waals surface area contributed by atoms with Crippen molar-refractivity contribution in [2.24, 2.45) is 0 Å². The Kier molecular flexibility index (Phi) is 5.37. The summed E-state index contributed by atoms with van der Waals surface area (Å²) in [5.74, 6) is 0.529. The molecule has 1 rings (SSSR count). The van der Waals surface area contributed by atoms with Crippen LogP contribution < -0.4 is 0 Å². The number of hydrogen-bond acceptors (Lipinski definition) is 4. The summed E-state index contributed by atoms with van der Waals surface area (Å²) in [4.78, 5) is 8.21. The number of aliphatic hydroxyl groups is 1. The van der Waals surface area contributed by atoms with Crippen LogP contribution in [-0.4, -0.2) is 34.7 Å². The van der Waals surface area contributed by atoms with E-state index in [0.717, 1.165) is 0 Å². The average molecular weight is 246 g/mol. The van der Waals surface area contributed by atoms with E-state index in [9.17, 15) is 13.9 Å². The predicted molar refractivity (Wildman–Crippen MR) is 57.9 cm³/mol. The fraction of sp³-hybridized carbons (Fsp3) is 0.636. The molecule has 17 heavy (non-hydrogen) atoms. The largest absolute Gasteiger partial charge is 0.389 e. The second kappa shape index (κ2) is 6.56. The molecule has 0 bridgehead atoms. The van der Waals surface area contributed by atoms with Gasteiger partial charge in [-0.2, -0.15) is 0 Å². The van der Waals surface area contributed by atoms with Gasteiger partial charge in [-0.15, -0.1) is 0 Å². The summed E-state index contributed by atoms with van der Waals surface area (Å²) >= 11 is 0. The average Bonchev–Trinajstić information content (AvgIpc) is 2.23. The summed E-state index contributed by atoms with van der Waals surface area (Å²) in [5.41, 5.74) is 1.36. The van der Waals surface area contributed by atoms with Crippen LogP contribution >= 0.6 is 0 Å². The molecule has 0 spiro atoms. The van der Waals surface area contributed by atoms with E-state index >= 15 is 0 Å². The van der Waals surface area contributed by atoms with Crippen molar-refractivity contribution in [3.8, 4) is 0 Å². The fourth-order valence-corrected chi connectivity index (χ4v) is 1.39. The van der Waals surface area contributed by atoms with Crippen molar-refractivity contribution >= 4 is 0 Å². The molecule has 0 unspecified atom stereocenters. The minimum Gasteiger partial charge on any atom is -0.389 e. The number of ether oxygens (including phenoxy) is 1. The zero-order valence-corrected chi connectivity index (χ0v) is 9.86. The maximum Gasteiger partial charge on any atom is 0.261 e. The molecule has 1 aromatic rings. The summed E-state index contributed by atoms with van der Waals surface area (Å²) in [7, 11) is 0. The van der Waals surface area contributed by atoms with Crippen LogP contribution in [0.15, 0.2) is 6.20 Å². The van der Waals surface area contributed by atoms with E-state index in [2.05, 4.69) is 9.97 Å². The summed E-state index contributed by atoms with van der Waals surface area (Å²) in [6.07, 6.45) is -1.13. The van der Waals surface area contributed by atoms with E-state index in [1.165, 1.54) is 0 Å². The number of aliphatic hydroxyl groups excluding tert-OH is 1. The SMILES string of the molecule is Cc1nc(CCOCC(F)F)ncc1[C@@H](C)O. The first-order valence-electron chi connectivity index (χ1n) is 5.37. The van der Waals surface area contributed by atoms with E-state index in [4.69, 9.17) is 4.74 Å². The number of hydrogen-bond donors (Lipinski definition) is 1. The lowest BCUT2D eigenvalue weighted by Crippen LogP contribution is -2.10. The van der Waals surface area contributed by atoms with Gasteiger partial charge in [-0.25, -0.2) is 18.7 Å². The van der Waals surface area contributed by atoms with Gasteiger partial charge in [0.05, 0.1) is 12.7 Å². The number of aryl methyl sites for hydroxylation is 1. The molecule has 0 radical (unpaired) electrons. The van der Waals surface area contributed by atoms with Gasteiger partial charge in [0.25, 0.3) is 6.43 Å². The quantitative estimate of drug-likeness (QED) is 0.776. The normalized spacial score (nSPS) is 13.1. The monoisotopic (exact) mass is 246 g/mol. The Labute approximate surface area is 98.7 Å². The second-order valence-corrected chi connectivity index (χ2v) is 3.72. The molecule has 0 aliphatic carbocycles. The lowest BCUT2D eigenvalue weighted by atomic mass is 10.1. The van der Waals surface area contributed by atoms with E-state index in [-0.39, 0.29) is 6.61 Å². The highest BCUT2D eigenvalue weighted by Crippen LogP contribution is 2.13. The summed E-state index contributed by atoms with van der Waals surface area (Å²) in [6, 6.07) is 0. The molecule has 0 saturated heterocycles. The van der Waals surface area contributed by atoms with Gasteiger partial charge >= 0.3 is 0 Å². The summed E-state index contributed by atoms with van der Waals surface area (Å²) < 4.78 is 28.3. The highest BCUT2D eigenvalue weighted by Gasteiger charge is 2.08. The molecule has 0 aliphatic rings. The van der Waals surface area contributed by atoms with E-state index in [0.29, 0.717) is 23.5 Å². The number of halogens is 2. The molecule has 1 heterocycles. The minimum absolute atomic E-state index is 0.164. The molecule has 96 valence electrons. The maximum absolute atomic E-state index is 11.8. The lowest BCUT2D eigenvalue weighted by Gasteiger charge is -2.09. The third kappa shape index (κ3) is 4.70. The fourth-order valence-electron chi connectivity index (χ4n) is 1.39. The van der Waals surface area contributed by atoms with Crippen LogP contribution in [0.1, 0.15) is 30.1 Å². The number of nitrogens with zero attached hydrogens (tertiary/aromatic N) is 2. The molecule has 1 atom stereocenters. The first-order valence-corrected chi connectivity index (χ1v) is 5.37. The van der Waals surface area contributed by atoms with Crippen molar-refractivity contribution in [3.05, 3.63) is 23.3 Å². The van der Waals surface area contributed by atoms with Gasteiger partial charge in [0.2, 0.25) is 0 Å². The summed E-state index contributed by atoms with van der Waals surface area (Å²) in [6.45, 7) is 3.01. The smallest absolute Gasteiger partial charge is 0.261 e. The highest BCUT2D eigenvalue weighted by atomic mass is 19.3. The molecule has 1 N–H and O–H groups in total. The Bertz CT molecular complexity index is 359. The standard InChI is InChI=1S/C11H16F2N2O2/c1-7-9(8(2)16)5-14-11(15-7)3-4-17-6-10(12)13/h5,8,10,16H,3-4,6H2,1-2H3/t8-/m1/s1. The minimum atomic E-state index is -2.45. The van der Waals surface area contributed by atoms with Crippen molar-refractivity contribution < 1.29 is 18.6 Å². The van der Waals surface area contributed by atoms with Crippen molar-refractivity contribution in [2.75, 3.05) is 13.2 Å². The molecule has 1 aromatic heterocycles. The van der Waals surface area contributed by atoms with Gasteiger partial charge in [-0.3, -0.25) is 0 Å². The molecule has 0 aromatic carbocycles. The van der Waals surface area contributed by atoms with Gasteiger partial charge in [-0.05, 0) is 13.8 Å². The van der Waals surface area contributed by atoms with Crippen molar-refractivity contribution in [1.82, 2.24) is 9.97 Å². The molecule has 4 nitrogen and oxygen atoms in total. The first kappa shape index (κ1) is 13.9. The zero-order valence-electron chi connectivity index (χ0n) is 9.86. The van der Waals surface area contributed by atoms with Crippen LogP contribution in [-0.2, 0) is 11.2 Å². The van der Waals surface area contributed by atoms with E-state index in [1.54, 1.807) is 20.0 Å². The highest BCUT2D eigenvalue weighted by molar-refractivity contribution is 5.18. The molecular weight excluding hydrogens is 230 g/mol. The Morgan fingerprint density at radius 1 is 1.47 bits per heavy atom. The predicted octanol–water partition coefficient (Wildman–Crippen LogP) is 1.66. The van der Waals surface area contributed by atoms with Crippen LogP contribution in [0.3, 0.4) is 0 Å². The van der Waals surface area contributed by atoms with Crippen LogP contribution in [0, 0.1) is 6.92 Å². The summed E-state index contributed by atoms with van der Waals surface area (Å²) in [5, 5.41) is 9.38. The third-order valence-corrected chi connectivity index (χ3v) is 2.23. The van der Waals surface area contributed by atoms with E-state index < -0.39 is 19.1 Å². The van der Waals surface area contributed by atoms with Crippen molar-refractivity contribution in [1.29, 1.82) is 0 Å². The van der Waals surface area contributed by atoms with Crippen LogP contribution in [0.2, 0.25) is 0 Å². The van der Waals surface area contributed by atoms with E-state index in [1.807, 2.05) is 0 Å². The van der Waals surface area contributed by atoms with Gasteiger partial charge < -0.3 is 9.84 Å². The van der Waals surface area contributed by atoms with Crippen molar-refractivity contribution in [2.45, 2.75) is 32.8 Å². The maximum atomic E-state index is 11.8. The zero-order chi connectivity index (χ0) is 12.8. The molecular formula is C11H16F2N2O2. The van der Waals surface area contributed by atoms with Gasteiger partial charge in [0.15, 0.2) is 0 Å². The molecule has 0 saturated carbocycles. The van der Waals surface area contributed by atoms with Gasteiger partial charge in [-0.1, -0.05) is 0 Å². The Hall–Kier alpha value is -1.14. The number of alkyl halides is 2. The Morgan fingerprint density at radius 2 is 2.18 bits per heavy atom. The van der Waals surface area contributed by atoms with Gasteiger partial charge in [0.1, 0.15) is 12.4 Å². The Balaban J connectivity index is 2.47. The molecule has 6 heteroatoms. The Morgan fingerprint density at radius 3 is 2.71 bits per heavy atom. The van der Waals surface area contributed by atoms with Gasteiger partial charge in [0, 0.05) is 23.9 Å². The van der Waals surface area contributed by atoms with Crippen LogP contribution in [0.5, 0.6) is 0 Å². The molecule has 0 amide bonds.